The van der Waals surface area contributed by atoms with Gasteiger partial charge in [-0.1, -0.05) is 119 Å². The molecule has 0 saturated carbocycles. The van der Waals surface area contributed by atoms with Gasteiger partial charge in [-0.2, -0.15) is 0 Å². The van der Waals surface area contributed by atoms with Crippen molar-refractivity contribution in [3.8, 4) is 0 Å². The summed E-state index contributed by atoms with van der Waals surface area (Å²) in [5.74, 6) is 2.06. The highest BCUT2D eigenvalue weighted by Gasteiger charge is 2.31. The van der Waals surface area contributed by atoms with E-state index in [1.165, 1.54) is 77.0 Å². The molecule has 0 aliphatic rings. The minimum absolute atomic E-state index is 0.688. The van der Waals surface area contributed by atoms with E-state index < -0.39 is 7.14 Å². The standard InChI is InChI=1S/C24H51OP/c1-7-13-16-22(10-4)19-26(25,20-23(11-5)17-14-8-2)21-24(12-6)18-15-9-3/h22-24H,7-21H2,1-6H3/t22-,23-,24-/m1/s1. The second kappa shape index (κ2) is 16.2. The molecule has 0 aromatic heterocycles. The molecule has 0 amide bonds. The zero-order valence-corrected chi connectivity index (χ0v) is 20.1. The van der Waals surface area contributed by atoms with E-state index in [9.17, 15) is 4.57 Å². The average Bonchev–Trinajstić information content (AvgIpc) is 2.65. The average molecular weight is 387 g/mol. The minimum Gasteiger partial charge on any atom is -0.324 e. The maximum atomic E-state index is 14.2. The summed E-state index contributed by atoms with van der Waals surface area (Å²) in [5, 5.41) is 0. The predicted octanol–water partition coefficient (Wildman–Crippen LogP) is 9.00. The smallest absolute Gasteiger partial charge is 0.0885 e. The zero-order chi connectivity index (χ0) is 19.8. The summed E-state index contributed by atoms with van der Waals surface area (Å²) in [6.07, 6.45) is 18.3. The van der Waals surface area contributed by atoms with Crippen molar-refractivity contribution in [2.45, 2.75) is 119 Å². The van der Waals surface area contributed by atoms with E-state index in [4.69, 9.17) is 0 Å². The molecular formula is C24H51OP. The summed E-state index contributed by atoms with van der Waals surface area (Å²) in [4.78, 5) is 0. The van der Waals surface area contributed by atoms with Crippen LogP contribution in [0.1, 0.15) is 119 Å². The van der Waals surface area contributed by atoms with Crippen molar-refractivity contribution in [3.63, 3.8) is 0 Å². The molecule has 2 heteroatoms. The molecule has 0 rings (SSSR count). The van der Waals surface area contributed by atoms with E-state index in [-0.39, 0.29) is 0 Å². The number of unbranched alkanes of at least 4 members (excludes halogenated alkanes) is 3. The third kappa shape index (κ3) is 11.8. The molecule has 0 fully saturated rings. The van der Waals surface area contributed by atoms with Gasteiger partial charge in [0, 0.05) is 18.5 Å². The molecule has 0 radical (unpaired) electrons. The van der Waals surface area contributed by atoms with Gasteiger partial charge < -0.3 is 4.57 Å². The van der Waals surface area contributed by atoms with E-state index in [2.05, 4.69) is 41.5 Å². The Morgan fingerprint density at radius 2 is 0.808 bits per heavy atom. The number of hydrogen-bond acceptors (Lipinski definition) is 1. The van der Waals surface area contributed by atoms with E-state index >= 15 is 0 Å². The molecule has 0 N–H and O–H groups in total. The van der Waals surface area contributed by atoms with Crippen molar-refractivity contribution in [2.24, 2.45) is 17.8 Å². The lowest BCUT2D eigenvalue weighted by Gasteiger charge is -2.30. The van der Waals surface area contributed by atoms with Gasteiger partial charge in [0.2, 0.25) is 0 Å². The lowest BCUT2D eigenvalue weighted by Crippen LogP contribution is -2.18. The summed E-state index contributed by atoms with van der Waals surface area (Å²) in [6.45, 7) is 13.8. The first kappa shape index (κ1) is 26.2. The van der Waals surface area contributed by atoms with Gasteiger partial charge >= 0.3 is 0 Å². The Labute approximate surface area is 166 Å². The topological polar surface area (TPSA) is 17.1 Å². The molecule has 0 aromatic carbocycles. The van der Waals surface area contributed by atoms with Gasteiger partial charge in [0.25, 0.3) is 0 Å². The highest BCUT2D eigenvalue weighted by Crippen LogP contribution is 2.53. The normalized spacial score (nSPS) is 15.8. The molecule has 0 spiro atoms. The number of rotatable bonds is 18. The Morgan fingerprint density at radius 3 is 1.00 bits per heavy atom. The van der Waals surface area contributed by atoms with Crippen molar-refractivity contribution in [2.75, 3.05) is 18.5 Å². The molecule has 26 heavy (non-hydrogen) atoms. The van der Waals surface area contributed by atoms with Gasteiger partial charge in [-0.25, -0.2) is 0 Å². The monoisotopic (exact) mass is 386 g/mol. The van der Waals surface area contributed by atoms with E-state index in [1.54, 1.807) is 0 Å². The van der Waals surface area contributed by atoms with Crippen molar-refractivity contribution in [1.29, 1.82) is 0 Å². The molecule has 0 bridgehead atoms. The predicted molar refractivity (Wildman–Crippen MR) is 122 cm³/mol. The highest BCUT2D eigenvalue weighted by atomic mass is 31.2. The largest absolute Gasteiger partial charge is 0.324 e. The third-order valence-electron chi connectivity index (χ3n) is 6.40. The van der Waals surface area contributed by atoms with Crippen LogP contribution in [-0.2, 0) is 4.57 Å². The molecule has 158 valence electrons. The van der Waals surface area contributed by atoms with Crippen LogP contribution >= 0.6 is 7.14 Å². The molecule has 0 aliphatic heterocycles. The first-order chi connectivity index (χ1) is 12.5. The fraction of sp³-hybridized carbons (Fsp3) is 1.00. The SMILES string of the molecule is CCCC[C@@H](CC)CP(=O)(C[C@H](CC)CCCC)C[C@H](CC)CCCC. The van der Waals surface area contributed by atoms with E-state index in [1.807, 2.05) is 0 Å². The fourth-order valence-electron chi connectivity index (χ4n) is 4.39. The Hall–Kier alpha value is 0.230. The van der Waals surface area contributed by atoms with Crippen LogP contribution in [0.4, 0.5) is 0 Å². The van der Waals surface area contributed by atoms with Gasteiger partial charge in [0.1, 0.15) is 0 Å². The van der Waals surface area contributed by atoms with Crippen molar-refractivity contribution in [3.05, 3.63) is 0 Å². The summed E-state index contributed by atoms with van der Waals surface area (Å²) >= 11 is 0. The van der Waals surface area contributed by atoms with Gasteiger partial charge in [0.15, 0.2) is 0 Å². The van der Waals surface area contributed by atoms with Crippen LogP contribution in [0.5, 0.6) is 0 Å². The molecule has 0 saturated heterocycles. The Bertz CT molecular complexity index is 300. The summed E-state index contributed by atoms with van der Waals surface area (Å²) in [7, 11) is -2.06. The first-order valence-electron chi connectivity index (χ1n) is 12.0. The molecule has 0 aromatic rings. The van der Waals surface area contributed by atoms with Crippen molar-refractivity contribution >= 4 is 7.14 Å². The van der Waals surface area contributed by atoms with Gasteiger partial charge in [-0.15, -0.1) is 0 Å². The molecule has 0 unspecified atom stereocenters. The van der Waals surface area contributed by atoms with Crippen LogP contribution in [0.3, 0.4) is 0 Å². The maximum absolute atomic E-state index is 14.2. The molecule has 0 heterocycles. The Balaban J connectivity index is 5.16. The summed E-state index contributed by atoms with van der Waals surface area (Å²) < 4.78 is 14.2. The van der Waals surface area contributed by atoms with Gasteiger partial charge in [-0.05, 0) is 17.8 Å². The molecule has 1 nitrogen and oxygen atoms in total. The summed E-state index contributed by atoms with van der Waals surface area (Å²) in [6, 6.07) is 0. The summed E-state index contributed by atoms with van der Waals surface area (Å²) in [5.41, 5.74) is 0. The Morgan fingerprint density at radius 1 is 0.538 bits per heavy atom. The number of hydrogen-bond donors (Lipinski definition) is 0. The Kier molecular flexibility index (Phi) is 16.4. The molecular weight excluding hydrogens is 335 g/mol. The zero-order valence-electron chi connectivity index (χ0n) is 19.2. The first-order valence-corrected chi connectivity index (χ1v) is 14.3. The molecule has 0 aliphatic carbocycles. The van der Waals surface area contributed by atoms with Crippen LogP contribution in [0.25, 0.3) is 0 Å². The maximum Gasteiger partial charge on any atom is 0.0885 e. The van der Waals surface area contributed by atoms with Crippen molar-refractivity contribution in [1.82, 2.24) is 0 Å². The van der Waals surface area contributed by atoms with Crippen LogP contribution in [0, 0.1) is 17.8 Å². The third-order valence-corrected chi connectivity index (χ3v) is 9.95. The van der Waals surface area contributed by atoms with Gasteiger partial charge in [0.05, 0.1) is 7.14 Å². The van der Waals surface area contributed by atoms with Crippen LogP contribution in [0.15, 0.2) is 0 Å². The second-order valence-electron chi connectivity index (χ2n) is 8.86. The minimum atomic E-state index is -2.06. The van der Waals surface area contributed by atoms with Crippen LogP contribution < -0.4 is 0 Å². The van der Waals surface area contributed by atoms with Crippen LogP contribution in [0.2, 0.25) is 0 Å². The molecule has 3 atom stereocenters. The fourth-order valence-corrected chi connectivity index (χ4v) is 8.98. The lowest BCUT2D eigenvalue weighted by molar-refractivity contribution is 0.446. The quantitative estimate of drug-likeness (QED) is 0.215. The highest BCUT2D eigenvalue weighted by molar-refractivity contribution is 7.63. The second-order valence-corrected chi connectivity index (χ2v) is 12.1. The van der Waals surface area contributed by atoms with Crippen LogP contribution in [-0.4, -0.2) is 18.5 Å². The van der Waals surface area contributed by atoms with Gasteiger partial charge in [-0.3, -0.25) is 0 Å². The van der Waals surface area contributed by atoms with E-state index in [0.29, 0.717) is 17.8 Å². The lowest BCUT2D eigenvalue weighted by atomic mass is 10.0. The van der Waals surface area contributed by atoms with E-state index in [0.717, 1.165) is 18.5 Å². The van der Waals surface area contributed by atoms with Crippen molar-refractivity contribution < 1.29 is 4.57 Å².